The van der Waals surface area contributed by atoms with Crippen LogP contribution in [0.1, 0.15) is 18.6 Å². The number of carbonyl (C=O) groups excluding carboxylic acids is 2. The summed E-state index contributed by atoms with van der Waals surface area (Å²) in [6.07, 6.45) is 1.56. The molecule has 7 nitrogen and oxygen atoms in total. The van der Waals surface area contributed by atoms with Crippen LogP contribution in [0.2, 0.25) is 0 Å². The van der Waals surface area contributed by atoms with Crippen LogP contribution in [-0.2, 0) is 4.79 Å². The SMILES string of the molecule is Cc1cc(NC(=O)N2CCC[C@@H](C(=O)Nc3ccccc3)C2)no1. The van der Waals surface area contributed by atoms with Crippen LogP contribution in [0.3, 0.4) is 0 Å². The highest BCUT2D eigenvalue weighted by atomic mass is 16.5. The minimum Gasteiger partial charge on any atom is -0.360 e. The van der Waals surface area contributed by atoms with Crippen molar-refractivity contribution in [1.29, 1.82) is 0 Å². The number of aromatic nitrogens is 1. The number of likely N-dealkylation sites (tertiary alicyclic amines) is 1. The van der Waals surface area contributed by atoms with Gasteiger partial charge in [-0.25, -0.2) is 4.79 Å². The number of amides is 3. The van der Waals surface area contributed by atoms with Gasteiger partial charge in [0, 0.05) is 24.8 Å². The molecule has 1 aliphatic heterocycles. The van der Waals surface area contributed by atoms with E-state index in [1.807, 2.05) is 30.3 Å². The van der Waals surface area contributed by atoms with Crippen LogP contribution in [0, 0.1) is 12.8 Å². The Labute approximate surface area is 140 Å². The molecule has 7 heteroatoms. The Balaban J connectivity index is 1.57. The van der Waals surface area contributed by atoms with Crippen molar-refractivity contribution < 1.29 is 14.1 Å². The Hall–Kier alpha value is -2.83. The van der Waals surface area contributed by atoms with E-state index in [1.54, 1.807) is 17.9 Å². The molecule has 1 aromatic carbocycles. The predicted octanol–water partition coefficient (Wildman–Crippen LogP) is 2.87. The van der Waals surface area contributed by atoms with Crippen LogP contribution in [0.4, 0.5) is 16.3 Å². The molecule has 1 atom stereocenters. The largest absolute Gasteiger partial charge is 0.360 e. The molecule has 0 bridgehead atoms. The second kappa shape index (κ2) is 7.16. The number of nitrogens with zero attached hydrogens (tertiary/aromatic N) is 2. The van der Waals surface area contributed by atoms with Gasteiger partial charge in [-0.05, 0) is 31.9 Å². The molecule has 0 radical (unpaired) electrons. The van der Waals surface area contributed by atoms with E-state index in [2.05, 4.69) is 15.8 Å². The van der Waals surface area contributed by atoms with Crippen LogP contribution >= 0.6 is 0 Å². The first-order valence-electron chi connectivity index (χ1n) is 7.97. The fourth-order valence-electron chi connectivity index (χ4n) is 2.76. The summed E-state index contributed by atoms with van der Waals surface area (Å²) in [5, 5.41) is 9.34. The number of benzene rings is 1. The Morgan fingerprint density at radius 3 is 2.75 bits per heavy atom. The quantitative estimate of drug-likeness (QED) is 0.907. The van der Waals surface area contributed by atoms with Crippen molar-refractivity contribution >= 4 is 23.4 Å². The summed E-state index contributed by atoms with van der Waals surface area (Å²) in [7, 11) is 0. The number of hydrogen-bond acceptors (Lipinski definition) is 4. The van der Waals surface area contributed by atoms with Crippen molar-refractivity contribution in [2.45, 2.75) is 19.8 Å². The lowest BCUT2D eigenvalue weighted by Crippen LogP contribution is -2.45. The molecule has 0 saturated carbocycles. The van der Waals surface area contributed by atoms with Crippen LogP contribution in [0.25, 0.3) is 0 Å². The van der Waals surface area contributed by atoms with Crippen molar-refractivity contribution in [3.8, 4) is 0 Å². The zero-order valence-electron chi connectivity index (χ0n) is 13.5. The van der Waals surface area contributed by atoms with Gasteiger partial charge < -0.3 is 14.7 Å². The summed E-state index contributed by atoms with van der Waals surface area (Å²) >= 11 is 0. The van der Waals surface area contributed by atoms with Gasteiger partial charge in [0.1, 0.15) is 5.76 Å². The van der Waals surface area contributed by atoms with Crippen LogP contribution in [-0.4, -0.2) is 35.1 Å². The lowest BCUT2D eigenvalue weighted by molar-refractivity contribution is -0.121. The Kier molecular flexibility index (Phi) is 4.79. The van der Waals surface area contributed by atoms with E-state index in [1.165, 1.54) is 0 Å². The lowest BCUT2D eigenvalue weighted by atomic mass is 9.97. The van der Waals surface area contributed by atoms with Gasteiger partial charge in [-0.3, -0.25) is 10.1 Å². The van der Waals surface area contributed by atoms with E-state index < -0.39 is 0 Å². The fourth-order valence-corrected chi connectivity index (χ4v) is 2.76. The maximum Gasteiger partial charge on any atom is 0.323 e. The maximum atomic E-state index is 12.4. The zero-order valence-corrected chi connectivity index (χ0v) is 13.5. The molecule has 2 aromatic rings. The van der Waals surface area contributed by atoms with Crippen LogP contribution in [0.5, 0.6) is 0 Å². The molecule has 126 valence electrons. The number of piperidine rings is 1. The number of rotatable bonds is 3. The highest BCUT2D eigenvalue weighted by Crippen LogP contribution is 2.20. The van der Waals surface area contributed by atoms with Gasteiger partial charge in [0.2, 0.25) is 5.91 Å². The molecule has 24 heavy (non-hydrogen) atoms. The average Bonchev–Trinajstić information content (AvgIpc) is 3.00. The first-order chi connectivity index (χ1) is 11.6. The second-order valence-electron chi connectivity index (χ2n) is 5.89. The minimum atomic E-state index is -0.263. The lowest BCUT2D eigenvalue weighted by Gasteiger charge is -2.31. The number of aryl methyl sites for hydroxylation is 1. The molecule has 2 heterocycles. The van der Waals surface area contributed by atoms with Gasteiger partial charge in [0.05, 0.1) is 5.92 Å². The number of nitrogens with one attached hydrogen (secondary N) is 2. The number of para-hydroxylation sites is 1. The van der Waals surface area contributed by atoms with E-state index in [-0.39, 0.29) is 17.9 Å². The Morgan fingerprint density at radius 2 is 2.04 bits per heavy atom. The average molecular weight is 328 g/mol. The minimum absolute atomic E-state index is 0.0593. The van der Waals surface area contributed by atoms with E-state index >= 15 is 0 Å². The molecule has 2 N–H and O–H groups in total. The Bertz CT molecular complexity index is 714. The summed E-state index contributed by atoms with van der Waals surface area (Å²) in [4.78, 5) is 26.3. The summed E-state index contributed by atoms with van der Waals surface area (Å²) in [5.74, 6) is 0.733. The van der Waals surface area contributed by atoms with Gasteiger partial charge in [-0.1, -0.05) is 23.4 Å². The van der Waals surface area contributed by atoms with Gasteiger partial charge in [-0.2, -0.15) is 0 Å². The van der Waals surface area contributed by atoms with E-state index in [0.717, 1.165) is 18.5 Å². The topological polar surface area (TPSA) is 87.5 Å². The summed E-state index contributed by atoms with van der Waals surface area (Å²) in [6.45, 7) is 2.77. The molecule has 0 spiro atoms. The zero-order chi connectivity index (χ0) is 16.9. The Morgan fingerprint density at radius 1 is 1.25 bits per heavy atom. The maximum absolute atomic E-state index is 12.4. The van der Waals surface area contributed by atoms with E-state index in [0.29, 0.717) is 24.7 Å². The standard InChI is InChI=1S/C17H20N4O3/c1-12-10-15(20-24-12)19-17(23)21-9-5-6-13(11-21)16(22)18-14-7-3-2-4-8-14/h2-4,7-8,10,13H,5-6,9,11H2,1H3,(H,18,22)(H,19,20,23)/t13-/m1/s1. The molecule has 0 unspecified atom stereocenters. The van der Waals surface area contributed by atoms with Crippen molar-refractivity contribution in [2.75, 3.05) is 23.7 Å². The predicted molar refractivity (Wildman–Crippen MR) is 89.6 cm³/mol. The third-order valence-electron chi connectivity index (χ3n) is 3.98. The van der Waals surface area contributed by atoms with Gasteiger partial charge in [0.25, 0.3) is 0 Å². The van der Waals surface area contributed by atoms with Crippen molar-refractivity contribution in [3.05, 3.63) is 42.2 Å². The summed E-state index contributed by atoms with van der Waals surface area (Å²) in [6, 6.07) is 10.7. The van der Waals surface area contributed by atoms with Gasteiger partial charge >= 0.3 is 6.03 Å². The molecule has 3 rings (SSSR count). The summed E-state index contributed by atoms with van der Waals surface area (Å²) in [5.41, 5.74) is 0.766. The fraction of sp³-hybridized carbons (Fsp3) is 0.353. The smallest absolute Gasteiger partial charge is 0.323 e. The van der Waals surface area contributed by atoms with Crippen molar-refractivity contribution in [3.63, 3.8) is 0 Å². The molecular weight excluding hydrogens is 308 g/mol. The van der Waals surface area contributed by atoms with Crippen LogP contribution in [0.15, 0.2) is 40.9 Å². The molecule has 1 saturated heterocycles. The monoisotopic (exact) mass is 328 g/mol. The van der Waals surface area contributed by atoms with Gasteiger partial charge in [0.15, 0.2) is 5.82 Å². The molecular formula is C17H20N4O3. The van der Waals surface area contributed by atoms with Crippen molar-refractivity contribution in [2.24, 2.45) is 5.92 Å². The molecule has 1 aliphatic rings. The highest BCUT2D eigenvalue weighted by molar-refractivity contribution is 5.94. The molecule has 1 aromatic heterocycles. The first kappa shape index (κ1) is 16.0. The molecule has 3 amide bonds. The molecule has 0 aliphatic carbocycles. The number of urea groups is 1. The third kappa shape index (κ3) is 3.92. The van der Waals surface area contributed by atoms with E-state index in [9.17, 15) is 9.59 Å². The van der Waals surface area contributed by atoms with Crippen LogP contribution < -0.4 is 10.6 Å². The van der Waals surface area contributed by atoms with E-state index in [4.69, 9.17) is 4.52 Å². The molecule has 1 fully saturated rings. The normalized spacial score (nSPS) is 17.4. The summed E-state index contributed by atoms with van der Waals surface area (Å²) < 4.78 is 4.93. The number of carbonyl (C=O) groups is 2. The first-order valence-corrected chi connectivity index (χ1v) is 7.97. The highest BCUT2D eigenvalue weighted by Gasteiger charge is 2.28. The second-order valence-corrected chi connectivity index (χ2v) is 5.89. The third-order valence-corrected chi connectivity index (χ3v) is 3.98. The number of hydrogen-bond donors (Lipinski definition) is 2. The number of anilines is 2. The van der Waals surface area contributed by atoms with Gasteiger partial charge in [-0.15, -0.1) is 0 Å². The van der Waals surface area contributed by atoms with Crippen molar-refractivity contribution in [1.82, 2.24) is 10.1 Å².